The average molecular weight is 1190 g/mol. The zero-order chi connectivity index (χ0) is 63.3. The second-order valence-corrected chi connectivity index (χ2v) is 23.3. The molecule has 0 aromatic rings. The number of aliphatic hydroxyl groups excluding tert-OH is 6. The summed E-state index contributed by atoms with van der Waals surface area (Å²) in [5.41, 5.74) is -2.49. The lowest BCUT2D eigenvalue weighted by Gasteiger charge is -2.42. The van der Waals surface area contributed by atoms with Crippen molar-refractivity contribution in [2.75, 3.05) is 39.6 Å². The van der Waals surface area contributed by atoms with Gasteiger partial charge < -0.3 is 96.1 Å². The molecule has 2 aliphatic rings. The number of amides is 6. The molecular weight excluding hydrogens is 1100 g/mol. The summed E-state index contributed by atoms with van der Waals surface area (Å²) in [7, 11) is 0. The Labute approximate surface area is 481 Å². The van der Waals surface area contributed by atoms with Crippen LogP contribution in [0.1, 0.15) is 128 Å². The summed E-state index contributed by atoms with van der Waals surface area (Å²) in [4.78, 5) is 144. The Hall–Kier alpha value is -5.51. The van der Waals surface area contributed by atoms with Crippen LogP contribution in [0.4, 0.5) is 0 Å². The van der Waals surface area contributed by atoms with Gasteiger partial charge in [-0.05, 0) is 62.3 Å². The van der Waals surface area contributed by atoms with E-state index >= 15 is 0 Å². The zero-order valence-corrected chi connectivity index (χ0v) is 49.1. The van der Waals surface area contributed by atoms with Crippen molar-refractivity contribution in [2.45, 2.75) is 224 Å². The predicted molar refractivity (Wildman–Crippen MR) is 286 cm³/mol. The summed E-state index contributed by atoms with van der Waals surface area (Å²) in [5.74, 6) is -11.1. The van der Waals surface area contributed by atoms with Crippen LogP contribution in [0.2, 0.25) is 0 Å². The Kier molecular flexibility index (Phi) is 30.0. The van der Waals surface area contributed by atoms with E-state index in [9.17, 15) is 83.4 Å². The van der Waals surface area contributed by atoms with Gasteiger partial charge in [-0.1, -0.05) is 0 Å². The molecule has 0 aromatic heterocycles. The molecule has 2 rings (SSSR count). The van der Waals surface area contributed by atoms with Gasteiger partial charge in [-0.3, -0.25) is 52.7 Å². The number of carbonyl (C=O) groups is 11. The molecule has 0 aromatic carbocycles. The third kappa shape index (κ3) is 27.4. The molecule has 0 aliphatic carbocycles. The number of carboxylic acids is 1. The third-order valence-corrected chi connectivity index (χ3v) is 12.5. The number of aliphatic hydroxyl groups is 6. The molecule has 2 saturated heterocycles. The highest BCUT2D eigenvalue weighted by atomic mass is 16.7. The van der Waals surface area contributed by atoms with Crippen molar-refractivity contribution < 1.29 is 117 Å². The van der Waals surface area contributed by atoms with E-state index in [0.29, 0.717) is 0 Å². The Bertz CT molecular complexity index is 2230. The fraction of sp³-hybridized carbons (Fsp3) is 0.792. The van der Waals surface area contributed by atoms with Crippen LogP contribution in [0.5, 0.6) is 0 Å². The maximum absolute atomic E-state index is 14.4. The minimum atomic E-state index is -1.79. The van der Waals surface area contributed by atoms with Crippen LogP contribution in [-0.2, 0) is 81.2 Å². The van der Waals surface area contributed by atoms with Crippen molar-refractivity contribution >= 4 is 64.5 Å². The molecule has 83 heavy (non-hydrogen) atoms. The van der Waals surface area contributed by atoms with Crippen LogP contribution in [0, 0.1) is 5.92 Å². The van der Waals surface area contributed by atoms with Crippen molar-refractivity contribution in [3.8, 4) is 0 Å². The summed E-state index contributed by atoms with van der Waals surface area (Å²) in [6.07, 6.45) is -17.9. The normalized spacial score (nSPS) is 24.4. The standard InChI is InChI=1S/C53H88N6O24/c1-26(62)54-42-46(75)44(73)36(20-60)82-49(42)59-40(70)19-28(18-29(64)22-78-50-43(55-27(2)63)47(76)45(74)37(21-61)83-50)48(77)58-32(25-81-53(9,10)11)34(66)13-16-39(69)56-30(23-79-51(3,4)5)33(65)12-15-38(68)57-31(24-80-52(6,7)8)35(67)14-17-41(71)72/h28,30-32,36-37,42-47,49-50,60-61,73-76H,12-25H2,1-11H3,(H,54,62)(H,55,63)(H,56,69)(H,57,68)(H,58,77)(H,59,70)(H,71,72)/t28-,30-,31-,32-,36?,37?,42?,43?,44?,45?,46?,47?,49?,50?/m0/s1. The molecule has 2 aliphatic heterocycles. The van der Waals surface area contributed by atoms with Crippen LogP contribution in [0.3, 0.4) is 0 Å². The average Bonchev–Trinajstić information content (AvgIpc) is 3.59. The fourth-order valence-corrected chi connectivity index (χ4v) is 8.15. The highest BCUT2D eigenvalue weighted by Crippen LogP contribution is 2.24. The topological polar surface area (TPSA) is 457 Å². The van der Waals surface area contributed by atoms with Gasteiger partial charge in [-0.25, -0.2) is 0 Å². The first-order valence-corrected chi connectivity index (χ1v) is 27.2. The number of nitrogens with one attached hydrogen (secondary N) is 6. The second kappa shape index (κ2) is 33.8. The van der Waals surface area contributed by atoms with E-state index in [1.54, 1.807) is 62.3 Å². The first kappa shape index (κ1) is 73.6. The summed E-state index contributed by atoms with van der Waals surface area (Å²) in [6, 6.07) is -7.15. The molecule has 2 fully saturated rings. The van der Waals surface area contributed by atoms with Gasteiger partial charge in [0.15, 0.2) is 35.7 Å². The first-order chi connectivity index (χ1) is 38.3. The molecule has 30 nitrogen and oxygen atoms in total. The van der Waals surface area contributed by atoms with E-state index < -0.39 is 244 Å². The molecule has 0 spiro atoms. The molecule has 0 saturated carbocycles. The maximum atomic E-state index is 14.4. The van der Waals surface area contributed by atoms with Gasteiger partial charge >= 0.3 is 5.97 Å². The lowest BCUT2D eigenvalue weighted by Crippen LogP contribution is -2.68. The number of ketones is 4. The quantitative estimate of drug-likeness (QED) is 0.0292. The van der Waals surface area contributed by atoms with E-state index in [0.717, 1.165) is 13.8 Å². The number of carboxylic acid groups (broad SMARTS) is 1. The minimum Gasteiger partial charge on any atom is -0.481 e. The zero-order valence-electron chi connectivity index (χ0n) is 49.1. The van der Waals surface area contributed by atoms with Crippen LogP contribution in [-0.4, -0.2) is 236 Å². The minimum absolute atomic E-state index is 0.280. The van der Waals surface area contributed by atoms with Crippen molar-refractivity contribution in [3.63, 3.8) is 0 Å². The van der Waals surface area contributed by atoms with Gasteiger partial charge in [0.25, 0.3) is 0 Å². The Morgan fingerprint density at radius 1 is 0.494 bits per heavy atom. The molecular formula is C53H88N6O24. The highest BCUT2D eigenvalue weighted by molar-refractivity contribution is 5.97. The van der Waals surface area contributed by atoms with Crippen molar-refractivity contribution in [1.82, 2.24) is 31.9 Å². The molecule has 30 heteroatoms. The van der Waals surface area contributed by atoms with Gasteiger partial charge in [0.2, 0.25) is 35.4 Å². The van der Waals surface area contributed by atoms with Gasteiger partial charge in [-0.15, -0.1) is 0 Å². The Balaban J connectivity index is 2.41. The number of hydrogen-bond acceptors (Lipinski definition) is 23. The third-order valence-electron chi connectivity index (χ3n) is 12.5. The SMILES string of the molecule is CC(=O)NC1C(NC(=O)C[C@H](CC(=O)COC2OC(CO)C(O)C(O)C2NC(C)=O)C(=O)N[C@@H](COC(C)(C)C)C(=O)CCC(=O)N[C@@H](COC(C)(C)C)C(=O)CCC(=O)N[C@@H](COC(C)(C)C)C(=O)CCC(=O)O)OC(CO)C(O)C1O. The lowest BCUT2D eigenvalue weighted by atomic mass is 9.94. The summed E-state index contributed by atoms with van der Waals surface area (Å²) >= 11 is 0. The Morgan fingerprint density at radius 3 is 1.30 bits per heavy atom. The van der Waals surface area contributed by atoms with Gasteiger partial charge in [0, 0.05) is 58.8 Å². The smallest absolute Gasteiger partial charge is 0.303 e. The van der Waals surface area contributed by atoms with E-state index in [1.807, 2.05) is 0 Å². The predicted octanol–water partition coefficient (Wildman–Crippen LogP) is -4.00. The number of ether oxygens (including phenoxy) is 6. The second-order valence-electron chi connectivity index (χ2n) is 23.3. The lowest BCUT2D eigenvalue weighted by molar-refractivity contribution is -0.268. The molecule has 0 radical (unpaired) electrons. The summed E-state index contributed by atoms with van der Waals surface area (Å²) < 4.78 is 34.0. The molecule has 13 N–H and O–H groups in total. The van der Waals surface area contributed by atoms with Crippen molar-refractivity contribution in [3.05, 3.63) is 0 Å². The van der Waals surface area contributed by atoms with Crippen LogP contribution >= 0.6 is 0 Å². The number of carbonyl (C=O) groups excluding carboxylic acids is 10. The van der Waals surface area contributed by atoms with E-state index in [-0.39, 0.29) is 13.2 Å². The van der Waals surface area contributed by atoms with Crippen molar-refractivity contribution in [2.24, 2.45) is 5.92 Å². The maximum Gasteiger partial charge on any atom is 0.303 e. The van der Waals surface area contributed by atoms with Gasteiger partial charge in [0.05, 0.1) is 62.2 Å². The van der Waals surface area contributed by atoms with Crippen molar-refractivity contribution in [1.29, 1.82) is 0 Å². The van der Waals surface area contributed by atoms with E-state index in [2.05, 4.69) is 31.9 Å². The molecule has 14 atom stereocenters. The molecule has 6 amide bonds. The molecule has 474 valence electrons. The molecule has 10 unspecified atom stereocenters. The highest BCUT2D eigenvalue weighted by Gasteiger charge is 2.47. The molecule has 0 bridgehead atoms. The number of aliphatic carboxylic acids is 1. The first-order valence-electron chi connectivity index (χ1n) is 27.2. The van der Waals surface area contributed by atoms with Crippen LogP contribution < -0.4 is 31.9 Å². The number of rotatable bonds is 34. The number of Topliss-reactive ketones (excluding diaryl/α,β-unsaturated/α-hetero) is 4. The Morgan fingerprint density at radius 2 is 0.892 bits per heavy atom. The molecule has 2 heterocycles. The van der Waals surface area contributed by atoms with Crippen LogP contribution in [0.15, 0.2) is 0 Å². The van der Waals surface area contributed by atoms with E-state index in [1.165, 1.54) is 0 Å². The van der Waals surface area contributed by atoms with E-state index in [4.69, 9.17) is 33.5 Å². The van der Waals surface area contributed by atoms with Crippen LogP contribution in [0.25, 0.3) is 0 Å². The van der Waals surface area contributed by atoms with Gasteiger partial charge in [-0.2, -0.15) is 0 Å². The fourth-order valence-electron chi connectivity index (χ4n) is 8.15. The summed E-state index contributed by atoms with van der Waals surface area (Å²) in [6.45, 7) is 13.4. The largest absolute Gasteiger partial charge is 0.481 e. The monoisotopic (exact) mass is 1190 g/mol. The summed E-state index contributed by atoms with van der Waals surface area (Å²) in [5, 5.41) is 85.6. The van der Waals surface area contributed by atoms with Gasteiger partial charge in [0.1, 0.15) is 73.4 Å². The number of hydrogen-bond donors (Lipinski definition) is 13.